The molecular formula is C7H14N2O2. The van der Waals surface area contributed by atoms with Crippen molar-refractivity contribution in [2.24, 2.45) is 0 Å². The maximum atomic E-state index is 11.0. The Bertz CT molecular complexity index is 149. The lowest BCUT2D eigenvalue weighted by molar-refractivity contribution is 0.0919. The summed E-state index contributed by atoms with van der Waals surface area (Å²) < 4.78 is 5.04. The van der Waals surface area contributed by atoms with Crippen LogP contribution >= 0.6 is 0 Å². The molecule has 0 spiro atoms. The van der Waals surface area contributed by atoms with Crippen LogP contribution in [0.1, 0.15) is 6.92 Å². The monoisotopic (exact) mass is 158 g/mol. The van der Waals surface area contributed by atoms with Crippen molar-refractivity contribution < 1.29 is 9.53 Å². The first-order valence-corrected chi connectivity index (χ1v) is 3.79. The molecule has 0 aromatic heterocycles. The molecule has 1 saturated heterocycles. The van der Waals surface area contributed by atoms with Crippen LogP contribution in [-0.2, 0) is 4.74 Å². The van der Waals surface area contributed by atoms with E-state index >= 15 is 0 Å². The van der Waals surface area contributed by atoms with Gasteiger partial charge in [-0.15, -0.1) is 0 Å². The normalized spacial score (nSPS) is 20.2. The van der Waals surface area contributed by atoms with E-state index in [-0.39, 0.29) is 12.1 Å². The largest absolute Gasteiger partial charge is 0.380 e. The summed E-state index contributed by atoms with van der Waals surface area (Å²) in [6, 6.07) is 0.0221. The van der Waals surface area contributed by atoms with Gasteiger partial charge in [-0.05, 0) is 6.92 Å². The van der Waals surface area contributed by atoms with Gasteiger partial charge in [0, 0.05) is 26.7 Å². The fourth-order valence-electron chi connectivity index (χ4n) is 1.07. The third-order valence-corrected chi connectivity index (χ3v) is 1.83. The number of amides is 2. The number of ether oxygens (including phenoxy) is 1. The maximum Gasteiger partial charge on any atom is 0.317 e. The zero-order chi connectivity index (χ0) is 8.27. The molecule has 4 heteroatoms. The van der Waals surface area contributed by atoms with Gasteiger partial charge in [-0.25, -0.2) is 4.79 Å². The Balaban J connectivity index is 2.30. The predicted molar refractivity (Wildman–Crippen MR) is 41.4 cm³/mol. The fraction of sp³-hybridized carbons (Fsp3) is 0.857. The highest BCUT2D eigenvalue weighted by Gasteiger charge is 2.20. The van der Waals surface area contributed by atoms with Gasteiger partial charge in [-0.1, -0.05) is 0 Å². The summed E-state index contributed by atoms with van der Waals surface area (Å²) in [5, 5.41) is 2.73. The molecular weight excluding hydrogens is 144 g/mol. The zero-order valence-electron chi connectivity index (χ0n) is 6.96. The summed E-state index contributed by atoms with van der Waals surface area (Å²) in [6.45, 7) is 4.19. The van der Waals surface area contributed by atoms with Gasteiger partial charge in [0.1, 0.15) is 0 Å². The average Bonchev–Trinajstić information content (AvgIpc) is 2.37. The van der Waals surface area contributed by atoms with Crippen LogP contribution in [0.3, 0.4) is 0 Å². The first kappa shape index (κ1) is 8.33. The van der Waals surface area contributed by atoms with Crippen molar-refractivity contribution in [3.05, 3.63) is 0 Å². The maximum absolute atomic E-state index is 11.0. The van der Waals surface area contributed by atoms with E-state index in [1.807, 2.05) is 6.92 Å². The molecule has 0 aromatic rings. The number of carbonyl (C=O) groups is 1. The number of hydrogen-bond acceptors (Lipinski definition) is 2. The highest BCUT2D eigenvalue weighted by Crippen LogP contribution is 1.99. The second-order valence-electron chi connectivity index (χ2n) is 2.72. The van der Waals surface area contributed by atoms with Gasteiger partial charge in [-0.3, -0.25) is 0 Å². The molecule has 0 aromatic carbocycles. The molecule has 2 amide bonds. The van der Waals surface area contributed by atoms with Gasteiger partial charge in [0.15, 0.2) is 0 Å². The van der Waals surface area contributed by atoms with Crippen LogP contribution in [0.5, 0.6) is 0 Å². The Morgan fingerprint density at radius 3 is 3.00 bits per heavy atom. The summed E-state index contributed by atoms with van der Waals surface area (Å²) in [5.41, 5.74) is 0. The van der Waals surface area contributed by atoms with E-state index in [0.29, 0.717) is 6.54 Å². The number of nitrogens with zero attached hydrogens (tertiary/aromatic N) is 1. The molecule has 1 N–H and O–H groups in total. The third-order valence-electron chi connectivity index (χ3n) is 1.83. The molecule has 64 valence electrons. The molecule has 1 heterocycles. The van der Waals surface area contributed by atoms with Crippen LogP contribution in [0.25, 0.3) is 0 Å². The number of hydrogen-bond donors (Lipinski definition) is 1. The molecule has 0 radical (unpaired) electrons. The summed E-state index contributed by atoms with van der Waals surface area (Å²) in [6.07, 6.45) is 0.124. The van der Waals surface area contributed by atoms with Gasteiger partial charge in [-0.2, -0.15) is 0 Å². The molecule has 0 aliphatic carbocycles. The van der Waals surface area contributed by atoms with E-state index in [4.69, 9.17) is 4.74 Å². The standard InChI is InChI=1S/C7H14N2O2/c1-6(11-2)5-9-4-3-8-7(9)10/h6H,3-5H2,1-2H3,(H,8,10). The van der Waals surface area contributed by atoms with E-state index in [2.05, 4.69) is 5.32 Å². The third kappa shape index (κ3) is 2.08. The molecule has 1 rings (SSSR count). The highest BCUT2D eigenvalue weighted by molar-refractivity contribution is 5.76. The minimum atomic E-state index is 0.0221. The molecule has 11 heavy (non-hydrogen) atoms. The lowest BCUT2D eigenvalue weighted by atomic mass is 10.4. The molecule has 4 nitrogen and oxygen atoms in total. The molecule has 1 fully saturated rings. The van der Waals surface area contributed by atoms with Crippen molar-refractivity contribution >= 4 is 6.03 Å². The minimum absolute atomic E-state index is 0.0221. The van der Waals surface area contributed by atoms with Crippen molar-refractivity contribution in [2.45, 2.75) is 13.0 Å². The molecule has 1 aliphatic heterocycles. The first-order chi connectivity index (χ1) is 5.24. The van der Waals surface area contributed by atoms with Crippen molar-refractivity contribution in [1.29, 1.82) is 0 Å². The number of rotatable bonds is 3. The summed E-state index contributed by atoms with van der Waals surface area (Å²) in [4.78, 5) is 12.7. The van der Waals surface area contributed by atoms with Crippen LogP contribution in [0.2, 0.25) is 0 Å². The Kier molecular flexibility index (Phi) is 2.70. The van der Waals surface area contributed by atoms with E-state index < -0.39 is 0 Å². The van der Waals surface area contributed by atoms with Crippen molar-refractivity contribution in [3.63, 3.8) is 0 Å². The Labute approximate surface area is 66.5 Å². The van der Waals surface area contributed by atoms with E-state index in [9.17, 15) is 4.79 Å². The second kappa shape index (κ2) is 3.57. The van der Waals surface area contributed by atoms with Gasteiger partial charge in [0.25, 0.3) is 0 Å². The van der Waals surface area contributed by atoms with Crippen LogP contribution in [-0.4, -0.2) is 43.8 Å². The van der Waals surface area contributed by atoms with Crippen LogP contribution in [0, 0.1) is 0 Å². The van der Waals surface area contributed by atoms with E-state index in [1.54, 1.807) is 12.0 Å². The van der Waals surface area contributed by atoms with Crippen LogP contribution in [0.4, 0.5) is 4.79 Å². The van der Waals surface area contributed by atoms with Crippen molar-refractivity contribution in [2.75, 3.05) is 26.7 Å². The van der Waals surface area contributed by atoms with Gasteiger partial charge in [0.05, 0.1) is 6.10 Å². The summed E-state index contributed by atoms with van der Waals surface area (Å²) in [5.74, 6) is 0. The second-order valence-corrected chi connectivity index (χ2v) is 2.72. The molecule has 0 bridgehead atoms. The molecule has 0 saturated carbocycles. The molecule has 1 aliphatic rings. The first-order valence-electron chi connectivity index (χ1n) is 3.79. The smallest absolute Gasteiger partial charge is 0.317 e. The highest BCUT2D eigenvalue weighted by atomic mass is 16.5. The van der Waals surface area contributed by atoms with Crippen LogP contribution < -0.4 is 5.32 Å². The minimum Gasteiger partial charge on any atom is -0.380 e. The molecule has 1 unspecified atom stereocenters. The van der Waals surface area contributed by atoms with Crippen molar-refractivity contribution in [3.8, 4) is 0 Å². The Hall–Kier alpha value is -0.770. The van der Waals surface area contributed by atoms with Gasteiger partial charge in [0.2, 0.25) is 0 Å². The quantitative estimate of drug-likeness (QED) is 0.630. The lowest BCUT2D eigenvalue weighted by Crippen LogP contribution is -2.34. The SMILES string of the molecule is COC(C)CN1CCNC1=O. The Morgan fingerprint density at radius 1 is 1.82 bits per heavy atom. The molecule has 1 atom stereocenters. The summed E-state index contributed by atoms with van der Waals surface area (Å²) >= 11 is 0. The average molecular weight is 158 g/mol. The summed E-state index contributed by atoms with van der Waals surface area (Å²) in [7, 11) is 1.65. The predicted octanol–water partition coefficient (Wildman–Crippen LogP) is 0.0465. The number of urea groups is 1. The van der Waals surface area contributed by atoms with E-state index in [0.717, 1.165) is 13.1 Å². The van der Waals surface area contributed by atoms with E-state index in [1.165, 1.54) is 0 Å². The Morgan fingerprint density at radius 2 is 2.55 bits per heavy atom. The van der Waals surface area contributed by atoms with Gasteiger partial charge < -0.3 is 15.0 Å². The topological polar surface area (TPSA) is 41.6 Å². The number of nitrogens with one attached hydrogen (secondary N) is 1. The van der Waals surface area contributed by atoms with Crippen LogP contribution in [0.15, 0.2) is 0 Å². The zero-order valence-corrected chi connectivity index (χ0v) is 6.96. The van der Waals surface area contributed by atoms with Gasteiger partial charge >= 0.3 is 6.03 Å². The number of methoxy groups -OCH3 is 1. The fourth-order valence-corrected chi connectivity index (χ4v) is 1.07. The lowest BCUT2D eigenvalue weighted by Gasteiger charge is -2.17. The van der Waals surface area contributed by atoms with Crippen molar-refractivity contribution in [1.82, 2.24) is 10.2 Å². The number of carbonyl (C=O) groups excluding carboxylic acids is 1.